The molecule has 1 N–H and O–H groups in total. The number of anilines is 2. The number of benzene rings is 2. The normalized spacial score (nSPS) is 20.2. The molecular formula is C36H40F4N6O6S2. The van der Waals surface area contributed by atoms with Gasteiger partial charge in [-0.3, -0.25) is 14.8 Å². The molecule has 5 heterocycles. The number of amides is 2. The zero-order valence-electron chi connectivity index (χ0n) is 30.7. The van der Waals surface area contributed by atoms with Crippen molar-refractivity contribution in [2.24, 2.45) is 0 Å². The van der Waals surface area contributed by atoms with Crippen LogP contribution in [-0.4, -0.2) is 87.5 Å². The quantitative estimate of drug-likeness (QED) is 0.198. The van der Waals surface area contributed by atoms with E-state index in [4.69, 9.17) is 14.2 Å². The third-order valence-electron chi connectivity index (χ3n) is 9.35. The van der Waals surface area contributed by atoms with Crippen molar-refractivity contribution in [3.05, 3.63) is 40.1 Å². The summed E-state index contributed by atoms with van der Waals surface area (Å²) in [5, 5.41) is 2.52. The number of methoxy groups -OCH3 is 1. The van der Waals surface area contributed by atoms with Crippen molar-refractivity contribution in [2.45, 2.75) is 94.8 Å². The lowest BCUT2D eigenvalue weighted by molar-refractivity contribution is -0.137. The first kappa shape index (κ1) is 38.1. The second kappa shape index (κ2) is 13.5. The molecule has 2 bridgehead atoms. The van der Waals surface area contributed by atoms with Gasteiger partial charge in [0.2, 0.25) is 0 Å². The van der Waals surface area contributed by atoms with Crippen LogP contribution in [0.2, 0.25) is 0 Å². The Morgan fingerprint density at radius 3 is 2.28 bits per heavy atom. The predicted octanol–water partition coefficient (Wildman–Crippen LogP) is 8.06. The summed E-state index contributed by atoms with van der Waals surface area (Å²) in [7, 11) is 1.47. The van der Waals surface area contributed by atoms with Crippen molar-refractivity contribution in [1.29, 1.82) is 0 Å². The van der Waals surface area contributed by atoms with Crippen LogP contribution in [0.1, 0.15) is 66.0 Å². The number of halogens is 4. The van der Waals surface area contributed by atoms with Crippen molar-refractivity contribution < 1.29 is 41.4 Å². The van der Waals surface area contributed by atoms with Crippen LogP contribution in [0.25, 0.3) is 32.2 Å². The van der Waals surface area contributed by atoms with Crippen LogP contribution in [0, 0.1) is 5.82 Å². The van der Waals surface area contributed by atoms with Crippen LogP contribution in [-0.2, 0) is 20.4 Å². The average molecular weight is 793 g/mol. The first-order valence-corrected chi connectivity index (χ1v) is 19.2. The molecule has 2 aromatic heterocycles. The molecule has 12 nitrogen and oxygen atoms in total. The van der Waals surface area contributed by atoms with E-state index >= 15 is 17.6 Å². The van der Waals surface area contributed by atoms with E-state index in [2.05, 4.69) is 15.3 Å². The molecule has 3 aliphatic rings. The second-order valence-electron chi connectivity index (χ2n) is 15.6. The van der Waals surface area contributed by atoms with Gasteiger partial charge in [-0.15, -0.1) is 11.8 Å². The van der Waals surface area contributed by atoms with E-state index in [9.17, 15) is 14.4 Å². The summed E-state index contributed by atoms with van der Waals surface area (Å²) < 4.78 is 79.3. The molecule has 4 aromatic rings. The molecule has 0 saturated carbocycles. The molecule has 2 saturated heterocycles. The van der Waals surface area contributed by atoms with Crippen LogP contribution in [0.3, 0.4) is 0 Å². The molecule has 54 heavy (non-hydrogen) atoms. The molecule has 3 aliphatic heterocycles. The molecule has 3 atom stereocenters. The summed E-state index contributed by atoms with van der Waals surface area (Å²) in [6.07, 6.45) is -4.92. The molecule has 7 rings (SSSR count). The zero-order chi connectivity index (χ0) is 39.1. The van der Waals surface area contributed by atoms with E-state index < -0.39 is 52.7 Å². The molecular weight excluding hydrogens is 753 g/mol. The molecule has 290 valence electrons. The molecule has 2 fully saturated rings. The number of fused-ring (bicyclic) bond motifs is 3. The number of nitrogens with one attached hydrogen (secondary N) is 1. The van der Waals surface area contributed by atoms with Crippen LogP contribution in [0.15, 0.2) is 27.9 Å². The SMILES string of the molecule is COC[C@H]1CSc2c(-c3ccc(F)c4sc(NC(=O)OC(C)(C)C)nc34)c(C(F)(F)F)cc3c(N4CC5CCC(C4)N5C(=O)OC(C)(C)C)nc(=O)n1c23. The lowest BCUT2D eigenvalue weighted by Gasteiger charge is -2.42. The summed E-state index contributed by atoms with van der Waals surface area (Å²) in [6, 6.07) is 2.15. The largest absolute Gasteiger partial charge is 0.444 e. The smallest absolute Gasteiger partial charge is 0.417 e. The van der Waals surface area contributed by atoms with Gasteiger partial charge in [0.25, 0.3) is 0 Å². The fraction of sp³-hybridized carbons (Fsp3) is 0.528. The van der Waals surface area contributed by atoms with E-state index in [0.717, 1.165) is 35.2 Å². The molecule has 18 heteroatoms. The van der Waals surface area contributed by atoms with Crippen molar-refractivity contribution in [3.63, 3.8) is 0 Å². The van der Waals surface area contributed by atoms with E-state index in [0.29, 0.717) is 12.8 Å². The Bertz CT molecular complexity index is 2220. The Morgan fingerprint density at radius 1 is 1.00 bits per heavy atom. The number of hydrogen-bond acceptors (Lipinski definition) is 11. The van der Waals surface area contributed by atoms with Gasteiger partial charge in [0.15, 0.2) is 5.13 Å². The van der Waals surface area contributed by atoms with Crippen molar-refractivity contribution in [1.82, 2.24) is 19.4 Å². The number of aromatic nitrogens is 3. The minimum absolute atomic E-state index is 0.0248. The van der Waals surface area contributed by atoms with Gasteiger partial charge in [-0.1, -0.05) is 11.3 Å². The Hall–Kier alpha value is -4.16. The highest BCUT2D eigenvalue weighted by molar-refractivity contribution is 7.99. The number of ether oxygens (including phenoxy) is 3. The summed E-state index contributed by atoms with van der Waals surface area (Å²) in [5.74, 6) is -0.454. The minimum atomic E-state index is -4.91. The maximum Gasteiger partial charge on any atom is 0.417 e. The summed E-state index contributed by atoms with van der Waals surface area (Å²) in [5.41, 5.74) is -3.38. The number of thiazole rings is 1. The Labute approximate surface area is 316 Å². The van der Waals surface area contributed by atoms with E-state index in [1.807, 2.05) is 0 Å². The summed E-state index contributed by atoms with van der Waals surface area (Å²) in [4.78, 5) is 52.3. The molecule has 0 spiro atoms. The predicted molar refractivity (Wildman–Crippen MR) is 198 cm³/mol. The first-order valence-electron chi connectivity index (χ1n) is 17.4. The summed E-state index contributed by atoms with van der Waals surface area (Å²) >= 11 is 1.91. The topological polar surface area (TPSA) is 128 Å². The minimum Gasteiger partial charge on any atom is -0.444 e. The standard InChI is InChI=1S/C36H40F4N6O6S2/c1-34(2,3)51-32(48)43-30-41-25-20(10-11-23(37)27(25)54-30)24-22(36(38,39)40)12-21-26-28(24)53-16-19(15-50-7)46(26)31(47)42-29(21)44-13-17-8-9-18(14-44)45(17)33(49)52-35(4,5)6/h10-12,17-19H,8-9,13-16H2,1-7H3,(H,41,43,48)/t17?,18?,19-/m0/s1. The number of thioether (sulfide) groups is 1. The fourth-order valence-corrected chi connectivity index (χ4v) is 9.64. The lowest BCUT2D eigenvalue weighted by atomic mass is 9.95. The Morgan fingerprint density at radius 2 is 1.67 bits per heavy atom. The first-order chi connectivity index (χ1) is 25.2. The number of rotatable bonds is 5. The molecule has 2 unspecified atom stereocenters. The number of hydrogen-bond donors (Lipinski definition) is 1. The van der Waals surface area contributed by atoms with Crippen LogP contribution in [0.5, 0.6) is 0 Å². The highest BCUT2D eigenvalue weighted by Crippen LogP contribution is 2.52. The third-order valence-corrected chi connectivity index (χ3v) is 11.6. The van der Waals surface area contributed by atoms with Gasteiger partial charge in [-0.2, -0.15) is 18.2 Å². The number of carbonyl (C=O) groups excluding carboxylic acids is 2. The maximum atomic E-state index is 15.4. The van der Waals surface area contributed by atoms with Crippen molar-refractivity contribution in [3.8, 4) is 11.1 Å². The fourth-order valence-electron chi connectivity index (χ4n) is 7.45. The van der Waals surface area contributed by atoms with Crippen LogP contribution in [0.4, 0.5) is 38.1 Å². The monoisotopic (exact) mass is 792 g/mol. The van der Waals surface area contributed by atoms with Crippen molar-refractivity contribution in [2.75, 3.05) is 42.8 Å². The van der Waals surface area contributed by atoms with Crippen LogP contribution < -0.4 is 15.9 Å². The Balaban J connectivity index is 1.42. The molecule has 2 amide bonds. The van der Waals surface area contributed by atoms with Gasteiger partial charge in [0, 0.05) is 47.4 Å². The molecule has 0 aliphatic carbocycles. The van der Waals surface area contributed by atoms with Gasteiger partial charge >= 0.3 is 24.1 Å². The van der Waals surface area contributed by atoms with Gasteiger partial charge in [0.1, 0.15) is 22.8 Å². The van der Waals surface area contributed by atoms with Gasteiger partial charge in [0.05, 0.1) is 46.0 Å². The highest BCUT2D eigenvalue weighted by Gasteiger charge is 2.46. The van der Waals surface area contributed by atoms with Crippen molar-refractivity contribution >= 4 is 67.4 Å². The van der Waals surface area contributed by atoms with Gasteiger partial charge < -0.3 is 19.1 Å². The maximum absolute atomic E-state index is 15.4. The lowest BCUT2D eigenvalue weighted by Crippen LogP contribution is -2.57. The second-order valence-corrected chi connectivity index (χ2v) is 17.7. The number of alkyl halides is 3. The van der Waals surface area contributed by atoms with Gasteiger partial charge in [-0.05, 0) is 72.6 Å². The third kappa shape index (κ3) is 7.07. The molecule has 2 aromatic carbocycles. The number of carbonyl (C=O) groups is 2. The van der Waals surface area contributed by atoms with Gasteiger partial charge in [-0.25, -0.2) is 23.8 Å². The summed E-state index contributed by atoms with van der Waals surface area (Å²) in [6.45, 7) is 10.9. The Kier molecular flexibility index (Phi) is 9.56. The zero-order valence-corrected chi connectivity index (χ0v) is 32.4. The highest BCUT2D eigenvalue weighted by atomic mass is 32.2. The molecule has 0 radical (unpaired) electrons. The number of nitrogens with zero attached hydrogens (tertiary/aromatic N) is 5. The van der Waals surface area contributed by atoms with E-state index in [1.165, 1.54) is 17.7 Å². The average Bonchev–Trinajstić information content (AvgIpc) is 3.59. The van der Waals surface area contributed by atoms with E-state index in [-0.39, 0.29) is 85.6 Å². The van der Waals surface area contributed by atoms with E-state index in [1.54, 1.807) is 51.3 Å². The van der Waals surface area contributed by atoms with Crippen LogP contribution >= 0.6 is 23.1 Å². The number of piperazine rings is 1.